The molecular weight excluding hydrogens is 350 g/mol. The van der Waals surface area contributed by atoms with E-state index in [-0.39, 0.29) is 23.3 Å². The van der Waals surface area contributed by atoms with Crippen molar-refractivity contribution in [2.45, 2.75) is 49.2 Å². The molecule has 0 bridgehead atoms. The van der Waals surface area contributed by atoms with E-state index in [1.807, 2.05) is 11.6 Å². The summed E-state index contributed by atoms with van der Waals surface area (Å²) in [5.41, 5.74) is 5.68. The lowest BCUT2D eigenvalue weighted by Gasteiger charge is -2.33. The van der Waals surface area contributed by atoms with Crippen LogP contribution in [0, 0.1) is 13.8 Å². The van der Waals surface area contributed by atoms with Crippen LogP contribution in [-0.4, -0.2) is 45.3 Å². The second-order valence-electron chi connectivity index (χ2n) is 6.80. The number of nitrogens with one attached hydrogen (secondary N) is 2. The van der Waals surface area contributed by atoms with Crippen molar-refractivity contribution in [1.82, 2.24) is 20.2 Å². The number of carbonyl (C=O) groups is 1. The van der Waals surface area contributed by atoms with E-state index in [2.05, 4.69) is 52.1 Å². The fraction of sp³-hybridized carbons (Fsp3) is 0.500. The van der Waals surface area contributed by atoms with Gasteiger partial charge in [0.05, 0.1) is 12.1 Å². The molecule has 8 heteroatoms. The molecule has 0 radical (unpaired) electrons. The predicted octanol–water partition coefficient (Wildman–Crippen LogP) is 1.95. The first-order valence-electron chi connectivity index (χ1n) is 8.93. The highest BCUT2D eigenvalue weighted by molar-refractivity contribution is 8.00. The Morgan fingerprint density at radius 3 is 2.88 bits per heavy atom. The number of carbonyl (C=O) groups excluding carboxylic acids is 1. The molecule has 1 saturated heterocycles. The first-order valence-corrected chi connectivity index (χ1v) is 9.81. The quantitative estimate of drug-likeness (QED) is 0.853. The molecule has 7 nitrogen and oxygen atoms in total. The molecule has 2 N–H and O–H groups in total. The zero-order valence-electron chi connectivity index (χ0n) is 14.9. The first kappa shape index (κ1) is 17.4. The van der Waals surface area contributed by atoms with Gasteiger partial charge >= 0.3 is 0 Å². The Hall–Kier alpha value is -2.06. The molecule has 1 aromatic heterocycles. The van der Waals surface area contributed by atoms with Gasteiger partial charge in [-0.25, -0.2) is 4.68 Å². The first-order chi connectivity index (χ1) is 12.6. The van der Waals surface area contributed by atoms with E-state index in [4.69, 9.17) is 4.74 Å². The van der Waals surface area contributed by atoms with Gasteiger partial charge in [0.25, 0.3) is 0 Å². The number of fused-ring (bicyclic) bond motifs is 1. The third-order valence-corrected chi connectivity index (χ3v) is 6.04. The second-order valence-corrected chi connectivity index (χ2v) is 7.91. The van der Waals surface area contributed by atoms with Crippen LogP contribution in [0.2, 0.25) is 0 Å². The van der Waals surface area contributed by atoms with Gasteiger partial charge in [-0.1, -0.05) is 41.6 Å². The summed E-state index contributed by atoms with van der Waals surface area (Å²) in [5, 5.41) is 11.7. The Kier molecular flexibility index (Phi) is 4.86. The Balaban J connectivity index is 1.56. The number of nitrogens with zero attached hydrogens (tertiary/aromatic N) is 3. The summed E-state index contributed by atoms with van der Waals surface area (Å²) in [4.78, 5) is 12.9. The smallest absolute Gasteiger partial charge is 0.236 e. The number of hydrogen-bond acceptors (Lipinski definition) is 6. The molecule has 26 heavy (non-hydrogen) atoms. The van der Waals surface area contributed by atoms with Crippen LogP contribution in [0.5, 0.6) is 0 Å². The zero-order valence-corrected chi connectivity index (χ0v) is 15.8. The van der Waals surface area contributed by atoms with Gasteiger partial charge in [0.1, 0.15) is 11.1 Å². The van der Waals surface area contributed by atoms with E-state index in [9.17, 15) is 4.79 Å². The van der Waals surface area contributed by atoms with Crippen molar-refractivity contribution in [3.8, 4) is 0 Å². The van der Waals surface area contributed by atoms with E-state index >= 15 is 0 Å². The molecule has 0 saturated carbocycles. The molecule has 2 aromatic rings. The highest BCUT2D eigenvalue weighted by Gasteiger charge is 2.37. The van der Waals surface area contributed by atoms with Crippen LogP contribution in [0.25, 0.3) is 0 Å². The highest BCUT2D eigenvalue weighted by atomic mass is 32.2. The number of hydrogen-bond donors (Lipinski definition) is 2. The lowest BCUT2D eigenvalue weighted by molar-refractivity contribution is -0.121. The molecule has 0 aliphatic carbocycles. The summed E-state index contributed by atoms with van der Waals surface area (Å²) in [6, 6.07) is 8.11. The minimum Gasteiger partial charge on any atom is -0.376 e. The monoisotopic (exact) mass is 373 g/mol. The molecule has 2 aliphatic rings. The Morgan fingerprint density at radius 1 is 1.35 bits per heavy atom. The standard InChI is InChI=1S/C18H23N5O2S/c1-11-5-7-13(8-6-11)15-16(17(24)19-10-14-4-3-9-25-14)26-18-21-20-12(2)23(18)22-15/h5-8,14-16,22H,3-4,9-10H2,1-2H3,(H,19,24)/t14-,15-,16+/m0/s1. The average Bonchev–Trinajstić information content (AvgIpc) is 3.29. The van der Waals surface area contributed by atoms with Gasteiger partial charge in [0, 0.05) is 13.2 Å². The molecule has 1 fully saturated rings. The van der Waals surface area contributed by atoms with Crippen molar-refractivity contribution in [3.63, 3.8) is 0 Å². The van der Waals surface area contributed by atoms with Gasteiger partial charge in [-0.05, 0) is 32.3 Å². The summed E-state index contributed by atoms with van der Waals surface area (Å²) >= 11 is 1.45. The molecule has 138 valence electrons. The number of ether oxygens (including phenoxy) is 1. The molecule has 4 rings (SSSR count). The molecule has 3 heterocycles. The summed E-state index contributed by atoms with van der Waals surface area (Å²) in [6.07, 6.45) is 2.20. The van der Waals surface area contributed by atoms with E-state index in [1.54, 1.807) is 0 Å². The van der Waals surface area contributed by atoms with Crippen molar-refractivity contribution in [3.05, 3.63) is 41.2 Å². The third kappa shape index (κ3) is 3.43. The molecule has 3 atom stereocenters. The normalized spacial score (nSPS) is 24.8. The minimum absolute atomic E-state index is 0.00419. The van der Waals surface area contributed by atoms with Crippen molar-refractivity contribution >= 4 is 17.7 Å². The molecule has 0 spiro atoms. The number of aryl methyl sites for hydroxylation is 2. The SMILES string of the molecule is Cc1ccc([C@@H]2Nn3c(C)nnc3S[C@H]2C(=O)NC[C@@H]2CCCO2)cc1. The highest BCUT2D eigenvalue weighted by Crippen LogP contribution is 2.37. The van der Waals surface area contributed by atoms with Gasteiger partial charge in [0.2, 0.25) is 11.1 Å². The van der Waals surface area contributed by atoms with Crippen LogP contribution in [0.15, 0.2) is 29.4 Å². The molecule has 2 aliphatic heterocycles. The summed E-state index contributed by atoms with van der Waals surface area (Å²) in [7, 11) is 0. The summed E-state index contributed by atoms with van der Waals surface area (Å²) in [6.45, 7) is 5.30. The number of amides is 1. The maximum absolute atomic E-state index is 12.9. The fourth-order valence-electron chi connectivity index (χ4n) is 3.30. The largest absolute Gasteiger partial charge is 0.376 e. The number of thioether (sulfide) groups is 1. The third-order valence-electron chi connectivity index (χ3n) is 4.82. The molecule has 1 aromatic carbocycles. The summed E-state index contributed by atoms with van der Waals surface area (Å²) < 4.78 is 7.47. The number of rotatable bonds is 4. The van der Waals surface area contributed by atoms with E-state index in [0.717, 1.165) is 30.8 Å². The number of benzene rings is 1. The zero-order chi connectivity index (χ0) is 18.1. The van der Waals surface area contributed by atoms with Gasteiger partial charge in [-0.3, -0.25) is 4.79 Å². The Bertz CT molecular complexity index is 785. The maximum atomic E-state index is 12.9. The van der Waals surface area contributed by atoms with E-state index in [1.165, 1.54) is 17.3 Å². The molecular formula is C18H23N5O2S. The van der Waals surface area contributed by atoms with Crippen molar-refractivity contribution in [1.29, 1.82) is 0 Å². The van der Waals surface area contributed by atoms with Crippen LogP contribution in [-0.2, 0) is 9.53 Å². The molecule has 1 amide bonds. The van der Waals surface area contributed by atoms with Crippen LogP contribution in [0.1, 0.15) is 35.8 Å². The Labute approximate surface area is 156 Å². The predicted molar refractivity (Wildman–Crippen MR) is 99.7 cm³/mol. The fourth-order valence-corrected chi connectivity index (χ4v) is 4.45. The lowest BCUT2D eigenvalue weighted by Crippen LogP contribution is -2.45. The average molecular weight is 373 g/mol. The maximum Gasteiger partial charge on any atom is 0.236 e. The topological polar surface area (TPSA) is 81.1 Å². The van der Waals surface area contributed by atoms with Crippen LogP contribution < -0.4 is 10.7 Å². The van der Waals surface area contributed by atoms with Crippen molar-refractivity contribution < 1.29 is 9.53 Å². The van der Waals surface area contributed by atoms with E-state index in [0.29, 0.717) is 11.7 Å². The Morgan fingerprint density at radius 2 is 2.15 bits per heavy atom. The van der Waals surface area contributed by atoms with Gasteiger partial charge in [-0.15, -0.1) is 10.2 Å². The van der Waals surface area contributed by atoms with Crippen LogP contribution in [0.3, 0.4) is 0 Å². The van der Waals surface area contributed by atoms with Gasteiger partial charge < -0.3 is 15.5 Å². The number of aromatic nitrogens is 3. The van der Waals surface area contributed by atoms with Crippen molar-refractivity contribution in [2.24, 2.45) is 0 Å². The van der Waals surface area contributed by atoms with Crippen LogP contribution >= 0.6 is 11.8 Å². The summed E-state index contributed by atoms with van der Waals surface area (Å²) in [5.74, 6) is 0.776. The molecule has 0 unspecified atom stereocenters. The second kappa shape index (κ2) is 7.28. The minimum atomic E-state index is -0.324. The van der Waals surface area contributed by atoms with Gasteiger partial charge in [0.15, 0.2) is 0 Å². The van der Waals surface area contributed by atoms with Crippen LogP contribution in [0.4, 0.5) is 0 Å². The van der Waals surface area contributed by atoms with Crippen molar-refractivity contribution in [2.75, 3.05) is 18.6 Å². The lowest BCUT2D eigenvalue weighted by atomic mass is 10.0. The van der Waals surface area contributed by atoms with Gasteiger partial charge in [-0.2, -0.15) is 0 Å². The van der Waals surface area contributed by atoms with E-state index < -0.39 is 0 Å².